The number of aliphatic carboxylic acids is 2. The molecule has 9 heteroatoms. The van der Waals surface area contributed by atoms with Crippen molar-refractivity contribution in [3.8, 4) is 5.75 Å². The van der Waals surface area contributed by atoms with Crippen molar-refractivity contribution in [2.75, 3.05) is 18.9 Å². The summed E-state index contributed by atoms with van der Waals surface area (Å²) in [7, 11) is 0. The van der Waals surface area contributed by atoms with E-state index in [0.717, 1.165) is 31.4 Å². The summed E-state index contributed by atoms with van der Waals surface area (Å²) in [5.41, 5.74) is 8.13. The number of nitrogen functional groups attached to an aromatic ring is 1. The van der Waals surface area contributed by atoms with Gasteiger partial charge in [0.15, 0.2) is 0 Å². The number of fused-ring (bicyclic) bond motifs is 1. The second-order valence-corrected chi connectivity index (χ2v) is 6.86. The van der Waals surface area contributed by atoms with Crippen molar-refractivity contribution in [2.45, 2.75) is 44.7 Å². The number of hydrogen-bond acceptors (Lipinski definition) is 6. The Balaban J connectivity index is 0.000000321. The molecule has 29 heavy (non-hydrogen) atoms. The monoisotopic (exact) mass is 405 g/mol. The summed E-state index contributed by atoms with van der Waals surface area (Å²) in [6, 6.07) is 4.14. The topological polar surface area (TPSA) is 151 Å². The lowest BCUT2D eigenvalue weighted by Crippen LogP contribution is -2.47. The van der Waals surface area contributed by atoms with E-state index in [1.165, 1.54) is 6.42 Å². The minimum atomic E-state index is -1.26. The van der Waals surface area contributed by atoms with Crippen LogP contribution in [0.15, 0.2) is 24.3 Å². The Morgan fingerprint density at radius 3 is 2.55 bits per heavy atom. The standard InChI is InChI=1S/C16H23N3O2.C4H4O4/c1-2-13(14-4-3-6-18-14)19-16(20)12-9-11(17)8-10-5-7-21-15(10)12;5-3(6)1-2-4(7)8/h8-9,13-14,18H,2-7,17H2,1H3,(H,19,20);1-2H,(H,5,6)(H,7,8). The third kappa shape index (κ3) is 6.49. The second kappa shape index (κ2) is 10.5. The molecule has 6 N–H and O–H groups in total. The molecule has 9 nitrogen and oxygen atoms in total. The van der Waals surface area contributed by atoms with E-state index in [0.29, 0.717) is 41.8 Å². The maximum atomic E-state index is 12.6. The smallest absolute Gasteiger partial charge is 0.328 e. The van der Waals surface area contributed by atoms with Crippen LogP contribution in [0.25, 0.3) is 0 Å². The number of carboxylic acid groups (broad SMARTS) is 2. The highest BCUT2D eigenvalue weighted by atomic mass is 16.5. The first-order valence-electron chi connectivity index (χ1n) is 9.55. The molecule has 0 spiro atoms. The Bertz CT molecular complexity index is 771. The zero-order chi connectivity index (χ0) is 21.4. The summed E-state index contributed by atoms with van der Waals surface area (Å²) < 4.78 is 5.61. The van der Waals surface area contributed by atoms with Crippen LogP contribution in [0.4, 0.5) is 5.69 Å². The zero-order valence-electron chi connectivity index (χ0n) is 16.3. The van der Waals surface area contributed by atoms with E-state index in [1.807, 2.05) is 6.07 Å². The number of carbonyl (C=O) groups is 3. The Labute approximate surface area is 168 Å². The lowest BCUT2D eigenvalue weighted by molar-refractivity contribution is -0.134. The van der Waals surface area contributed by atoms with Gasteiger partial charge in [0.1, 0.15) is 5.75 Å². The van der Waals surface area contributed by atoms with Crippen molar-refractivity contribution in [2.24, 2.45) is 0 Å². The summed E-state index contributed by atoms with van der Waals surface area (Å²) in [6.45, 7) is 3.76. The molecule has 2 aliphatic heterocycles. The molecule has 2 unspecified atom stereocenters. The largest absolute Gasteiger partial charge is 0.492 e. The van der Waals surface area contributed by atoms with Crippen LogP contribution in [0, 0.1) is 0 Å². The highest BCUT2D eigenvalue weighted by Crippen LogP contribution is 2.32. The predicted molar refractivity (Wildman–Crippen MR) is 107 cm³/mol. The molecule has 0 aliphatic carbocycles. The third-order valence-electron chi connectivity index (χ3n) is 4.76. The van der Waals surface area contributed by atoms with Gasteiger partial charge in [-0.25, -0.2) is 9.59 Å². The molecule has 0 radical (unpaired) electrons. The van der Waals surface area contributed by atoms with Crippen molar-refractivity contribution in [3.05, 3.63) is 35.4 Å². The van der Waals surface area contributed by atoms with E-state index in [1.54, 1.807) is 6.07 Å². The molecule has 0 aromatic heterocycles. The number of nitrogens with one attached hydrogen (secondary N) is 2. The minimum absolute atomic E-state index is 0.0824. The van der Waals surface area contributed by atoms with Gasteiger partial charge in [0.25, 0.3) is 5.91 Å². The lowest BCUT2D eigenvalue weighted by Gasteiger charge is -2.24. The Hall–Kier alpha value is -3.07. The van der Waals surface area contributed by atoms with E-state index in [4.69, 9.17) is 20.7 Å². The SMILES string of the molecule is CCC(NC(=O)c1cc(N)cc2c1OCC2)C1CCCN1.O=C(O)C=CC(=O)O. The van der Waals surface area contributed by atoms with Crippen molar-refractivity contribution < 1.29 is 29.3 Å². The molecule has 158 valence electrons. The van der Waals surface area contributed by atoms with Crippen LogP contribution >= 0.6 is 0 Å². The van der Waals surface area contributed by atoms with Gasteiger partial charge in [-0.1, -0.05) is 6.92 Å². The van der Waals surface area contributed by atoms with Crippen molar-refractivity contribution >= 4 is 23.5 Å². The molecule has 2 heterocycles. The van der Waals surface area contributed by atoms with Gasteiger partial charge in [-0.05, 0) is 37.9 Å². The number of hydrogen-bond donors (Lipinski definition) is 5. The van der Waals surface area contributed by atoms with Gasteiger partial charge in [0, 0.05) is 41.9 Å². The van der Waals surface area contributed by atoms with Gasteiger partial charge in [0.2, 0.25) is 0 Å². The van der Waals surface area contributed by atoms with E-state index < -0.39 is 11.9 Å². The highest BCUT2D eigenvalue weighted by molar-refractivity contribution is 5.98. The number of carboxylic acids is 2. The normalized spacial score (nSPS) is 18.3. The minimum Gasteiger partial charge on any atom is -0.492 e. The predicted octanol–water partition coefficient (Wildman–Crippen LogP) is 1.18. The van der Waals surface area contributed by atoms with Crippen LogP contribution in [0.2, 0.25) is 0 Å². The molecule has 1 saturated heterocycles. The van der Waals surface area contributed by atoms with Gasteiger partial charge in [-0.2, -0.15) is 0 Å². The molecule has 1 aromatic rings. The molecule has 1 amide bonds. The Kier molecular flexibility index (Phi) is 8.02. The fourth-order valence-corrected chi connectivity index (χ4v) is 3.43. The van der Waals surface area contributed by atoms with E-state index in [2.05, 4.69) is 17.6 Å². The Morgan fingerprint density at radius 1 is 1.31 bits per heavy atom. The zero-order valence-corrected chi connectivity index (χ0v) is 16.3. The summed E-state index contributed by atoms with van der Waals surface area (Å²) in [4.78, 5) is 31.7. The van der Waals surface area contributed by atoms with Crippen LogP contribution in [0.1, 0.15) is 42.1 Å². The molecule has 0 saturated carbocycles. The Morgan fingerprint density at radius 2 is 2.00 bits per heavy atom. The number of carbonyl (C=O) groups excluding carboxylic acids is 1. The average molecular weight is 405 g/mol. The van der Waals surface area contributed by atoms with E-state index in [9.17, 15) is 14.4 Å². The molecule has 2 aliphatic rings. The van der Waals surface area contributed by atoms with Gasteiger partial charge in [0.05, 0.1) is 12.2 Å². The number of amides is 1. The summed E-state index contributed by atoms with van der Waals surface area (Å²) in [5.74, 6) is -1.89. The van der Waals surface area contributed by atoms with Crippen LogP contribution < -0.4 is 21.1 Å². The number of benzene rings is 1. The first kappa shape index (κ1) is 22.2. The summed E-state index contributed by atoms with van der Waals surface area (Å²) in [6.07, 6.45) is 5.14. The molecule has 1 aromatic carbocycles. The summed E-state index contributed by atoms with van der Waals surface area (Å²) >= 11 is 0. The third-order valence-corrected chi connectivity index (χ3v) is 4.76. The first-order valence-corrected chi connectivity index (χ1v) is 9.55. The van der Waals surface area contributed by atoms with Crippen LogP contribution in [0.5, 0.6) is 5.75 Å². The number of rotatable bonds is 6. The van der Waals surface area contributed by atoms with Gasteiger partial charge < -0.3 is 31.3 Å². The second-order valence-electron chi connectivity index (χ2n) is 6.86. The van der Waals surface area contributed by atoms with Gasteiger partial charge in [-0.3, -0.25) is 4.79 Å². The highest BCUT2D eigenvalue weighted by Gasteiger charge is 2.27. The van der Waals surface area contributed by atoms with E-state index in [-0.39, 0.29) is 11.9 Å². The molecule has 1 fully saturated rings. The molecular weight excluding hydrogens is 378 g/mol. The van der Waals surface area contributed by atoms with Crippen molar-refractivity contribution in [3.63, 3.8) is 0 Å². The maximum absolute atomic E-state index is 12.6. The number of nitrogens with two attached hydrogens (primary N) is 1. The first-order chi connectivity index (χ1) is 13.8. The van der Waals surface area contributed by atoms with Crippen LogP contribution in [0.3, 0.4) is 0 Å². The quantitative estimate of drug-likeness (QED) is 0.349. The van der Waals surface area contributed by atoms with E-state index >= 15 is 0 Å². The molecule has 0 bridgehead atoms. The fourth-order valence-electron chi connectivity index (χ4n) is 3.43. The van der Waals surface area contributed by atoms with Crippen molar-refractivity contribution in [1.82, 2.24) is 10.6 Å². The van der Waals surface area contributed by atoms with Crippen LogP contribution in [-0.4, -0.2) is 53.3 Å². The molecular formula is C20H27N3O6. The summed E-state index contributed by atoms with van der Waals surface area (Å²) in [5, 5.41) is 22.2. The maximum Gasteiger partial charge on any atom is 0.328 e. The van der Waals surface area contributed by atoms with Crippen LogP contribution in [-0.2, 0) is 16.0 Å². The molecule has 3 rings (SSSR count). The van der Waals surface area contributed by atoms with Crippen molar-refractivity contribution in [1.29, 1.82) is 0 Å². The average Bonchev–Trinajstić information content (AvgIpc) is 3.35. The lowest BCUT2D eigenvalue weighted by atomic mass is 10.0. The van der Waals surface area contributed by atoms with Gasteiger partial charge in [-0.15, -0.1) is 0 Å². The number of ether oxygens (including phenoxy) is 1. The molecule has 2 atom stereocenters. The number of anilines is 1. The fraction of sp³-hybridized carbons (Fsp3) is 0.450. The van der Waals surface area contributed by atoms with Gasteiger partial charge >= 0.3 is 11.9 Å².